The molecule has 2 aromatic rings. The van der Waals surface area contributed by atoms with Gasteiger partial charge in [0, 0.05) is 13.6 Å². The molecule has 108 valence electrons. The minimum absolute atomic E-state index is 0.420. The molecule has 4 nitrogen and oxygen atoms in total. The molecule has 0 saturated carbocycles. The first-order valence-corrected chi connectivity index (χ1v) is 7.58. The van der Waals surface area contributed by atoms with Crippen molar-refractivity contribution in [1.82, 2.24) is 9.55 Å². The Bertz CT molecular complexity index is 667. The topological polar surface area (TPSA) is 47.1 Å². The fourth-order valence-corrected chi connectivity index (χ4v) is 3.40. The van der Waals surface area contributed by atoms with Crippen LogP contribution >= 0.6 is 15.9 Å². The number of piperidine rings is 1. The van der Waals surface area contributed by atoms with Gasteiger partial charge in [-0.05, 0) is 47.3 Å². The number of halogens is 2. The van der Waals surface area contributed by atoms with Gasteiger partial charge in [0.1, 0.15) is 11.7 Å². The smallest absolute Gasteiger partial charge is 0.206 e. The summed E-state index contributed by atoms with van der Waals surface area (Å²) in [6.45, 7) is 3.25. The van der Waals surface area contributed by atoms with Gasteiger partial charge in [0.05, 0.1) is 22.2 Å². The van der Waals surface area contributed by atoms with Crippen molar-refractivity contribution in [3.8, 4) is 0 Å². The third-order valence-electron chi connectivity index (χ3n) is 3.98. The Morgan fingerprint density at radius 2 is 2.25 bits per heavy atom. The summed E-state index contributed by atoms with van der Waals surface area (Å²) in [7, 11) is 1.97. The molecular weight excluding hydrogens is 323 g/mol. The van der Waals surface area contributed by atoms with Crippen LogP contribution in [-0.2, 0) is 7.05 Å². The lowest BCUT2D eigenvalue weighted by Gasteiger charge is -2.29. The average Bonchev–Trinajstić information content (AvgIpc) is 2.74. The highest BCUT2D eigenvalue weighted by atomic mass is 79.9. The average molecular weight is 341 g/mol. The van der Waals surface area contributed by atoms with E-state index in [-0.39, 0.29) is 0 Å². The molecule has 1 atom stereocenters. The fourth-order valence-electron chi connectivity index (χ4n) is 2.80. The van der Waals surface area contributed by atoms with E-state index in [9.17, 15) is 4.39 Å². The van der Waals surface area contributed by atoms with Crippen molar-refractivity contribution >= 4 is 38.6 Å². The van der Waals surface area contributed by atoms with Gasteiger partial charge < -0.3 is 15.2 Å². The number of hydrogen-bond donors (Lipinski definition) is 1. The molecule has 1 aromatic heterocycles. The van der Waals surface area contributed by atoms with Crippen molar-refractivity contribution in [2.45, 2.75) is 25.9 Å². The quantitative estimate of drug-likeness (QED) is 0.811. The van der Waals surface area contributed by atoms with Crippen LogP contribution in [0.4, 0.5) is 16.0 Å². The highest BCUT2D eigenvalue weighted by Crippen LogP contribution is 2.34. The number of nitrogens with zero attached hydrogens (tertiary/aromatic N) is 3. The lowest BCUT2D eigenvalue weighted by Crippen LogP contribution is -2.37. The molecule has 0 amide bonds. The van der Waals surface area contributed by atoms with Gasteiger partial charge in [-0.2, -0.15) is 0 Å². The first-order chi connectivity index (χ1) is 9.49. The Balaban J connectivity index is 2.13. The fraction of sp³-hybridized carbons (Fsp3) is 0.500. The molecule has 3 rings (SSSR count). The van der Waals surface area contributed by atoms with Crippen molar-refractivity contribution in [3.05, 3.63) is 16.1 Å². The number of nitrogen functional groups attached to an aromatic ring is 1. The lowest BCUT2D eigenvalue weighted by molar-refractivity contribution is 0.285. The number of fused-ring (bicyclic) bond motifs is 1. The summed E-state index contributed by atoms with van der Waals surface area (Å²) < 4.78 is 16.4. The molecule has 1 aromatic carbocycles. The van der Waals surface area contributed by atoms with Crippen LogP contribution in [0.15, 0.2) is 10.5 Å². The van der Waals surface area contributed by atoms with Crippen LogP contribution in [0.1, 0.15) is 18.4 Å². The van der Waals surface area contributed by atoms with E-state index in [1.165, 1.54) is 0 Å². The predicted molar refractivity (Wildman–Crippen MR) is 83.9 cm³/mol. The first-order valence-electron chi connectivity index (χ1n) is 6.79. The number of imidazole rings is 1. The minimum Gasteiger partial charge on any atom is -0.398 e. The molecule has 0 spiro atoms. The summed E-state index contributed by atoms with van der Waals surface area (Å²) in [6, 6.07) is 2.03. The second kappa shape index (κ2) is 4.91. The standard InChI is InChI=1S/C14H18BrFN4/c1-8-6-10-13(11(15)12(8)17)18-14(19(10)2)20-5-3-4-9(16)7-20/h6,9H,3-5,7,17H2,1-2H3. The molecule has 0 aliphatic carbocycles. The van der Waals surface area contributed by atoms with Crippen LogP contribution in [0.2, 0.25) is 0 Å². The van der Waals surface area contributed by atoms with Crippen molar-refractivity contribution in [2.75, 3.05) is 23.7 Å². The van der Waals surface area contributed by atoms with Crippen LogP contribution in [0.25, 0.3) is 11.0 Å². The number of alkyl halides is 1. The number of rotatable bonds is 1. The molecule has 1 saturated heterocycles. The number of aromatic nitrogens is 2. The van der Waals surface area contributed by atoms with Gasteiger partial charge in [0.25, 0.3) is 0 Å². The summed E-state index contributed by atoms with van der Waals surface area (Å²) in [5.41, 5.74) is 9.62. The molecule has 20 heavy (non-hydrogen) atoms. The van der Waals surface area contributed by atoms with E-state index in [0.717, 1.165) is 40.0 Å². The molecule has 2 N–H and O–H groups in total. The molecule has 1 aliphatic heterocycles. The third-order valence-corrected chi connectivity index (χ3v) is 4.79. The monoisotopic (exact) mass is 340 g/mol. The van der Waals surface area contributed by atoms with Gasteiger partial charge in [-0.25, -0.2) is 9.37 Å². The normalized spacial score (nSPS) is 19.8. The minimum atomic E-state index is -0.765. The second-order valence-electron chi connectivity index (χ2n) is 5.45. The van der Waals surface area contributed by atoms with E-state index in [4.69, 9.17) is 5.73 Å². The molecule has 1 fully saturated rings. The summed E-state index contributed by atoms with van der Waals surface area (Å²) in [5, 5.41) is 0. The van der Waals surface area contributed by atoms with Gasteiger partial charge in [-0.3, -0.25) is 0 Å². The molecule has 0 radical (unpaired) electrons. The van der Waals surface area contributed by atoms with Gasteiger partial charge in [0.15, 0.2) is 0 Å². The van der Waals surface area contributed by atoms with Gasteiger partial charge in [-0.15, -0.1) is 0 Å². The SMILES string of the molecule is Cc1cc2c(nc(N3CCCC(F)C3)n2C)c(Br)c1N. The Labute approximate surface area is 125 Å². The van der Waals surface area contributed by atoms with Gasteiger partial charge in [0.2, 0.25) is 5.95 Å². The summed E-state index contributed by atoms with van der Waals surface area (Å²) in [5.74, 6) is 0.813. The van der Waals surface area contributed by atoms with E-state index in [1.807, 2.05) is 29.5 Å². The largest absolute Gasteiger partial charge is 0.398 e. The third kappa shape index (κ3) is 2.06. The summed E-state index contributed by atoms with van der Waals surface area (Å²) in [4.78, 5) is 6.69. The molecule has 1 unspecified atom stereocenters. The first kappa shape index (κ1) is 13.7. The predicted octanol–water partition coefficient (Wildman–Crippen LogP) is 3.16. The number of hydrogen-bond acceptors (Lipinski definition) is 3. The molecule has 2 heterocycles. The van der Waals surface area contributed by atoms with Crippen LogP contribution in [0, 0.1) is 6.92 Å². The zero-order valence-corrected chi connectivity index (χ0v) is 13.2. The Morgan fingerprint density at radius 1 is 1.50 bits per heavy atom. The van der Waals surface area contributed by atoms with Crippen LogP contribution in [-0.4, -0.2) is 28.8 Å². The van der Waals surface area contributed by atoms with Crippen molar-refractivity contribution in [3.63, 3.8) is 0 Å². The van der Waals surface area contributed by atoms with Gasteiger partial charge in [-0.1, -0.05) is 0 Å². The number of benzene rings is 1. The highest BCUT2D eigenvalue weighted by molar-refractivity contribution is 9.10. The Morgan fingerprint density at radius 3 is 2.95 bits per heavy atom. The van der Waals surface area contributed by atoms with E-state index in [2.05, 4.69) is 20.9 Å². The maximum Gasteiger partial charge on any atom is 0.206 e. The molecule has 0 bridgehead atoms. The van der Waals surface area contributed by atoms with E-state index in [0.29, 0.717) is 18.7 Å². The highest BCUT2D eigenvalue weighted by Gasteiger charge is 2.24. The zero-order chi connectivity index (χ0) is 14.4. The Kier molecular flexibility index (Phi) is 3.36. The molecular formula is C14H18BrFN4. The Hall–Kier alpha value is -1.30. The lowest BCUT2D eigenvalue weighted by atomic mass is 10.1. The van der Waals surface area contributed by atoms with Crippen molar-refractivity contribution < 1.29 is 4.39 Å². The number of nitrogens with two attached hydrogens (primary N) is 1. The number of anilines is 2. The maximum absolute atomic E-state index is 13.6. The molecule has 6 heteroatoms. The number of aryl methyl sites for hydroxylation is 2. The van der Waals surface area contributed by atoms with Crippen LogP contribution in [0.5, 0.6) is 0 Å². The second-order valence-corrected chi connectivity index (χ2v) is 6.24. The zero-order valence-electron chi connectivity index (χ0n) is 11.7. The summed E-state index contributed by atoms with van der Waals surface area (Å²) in [6.07, 6.45) is 0.752. The van der Waals surface area contributed by atoms with E-state index in [1.54, 1.807) is 0 Å². The molecule has 1 aliphatic rings. The summed E-state index contributed by atoms with van der Waals surface area (Å²) >= 11 is 3.52. The van der Waals surface area contributed by atoms with Crippen LogP contribution in [0.3, 0.4) is 0 Å². The van der Waals surface area contributed by atoms with Crippen molar-refractivity contribution in [2.24, 2.45) is 7.05 Å². The maximum atomic E-state index is 13.6. The van der Waals surface area contributed by atoms with E-state index < -0.39 is 6.17 Å². The van der Waals surface area contributed by atoms with Crippen molar-refractivity contribution in [1.29, 1.82) is 0 Å². The van der Waals surface area contributed by atoms with Crippen LogP contribution < -0.4 is 10.6 Å². The van der Waals surface area contributed by atoms with Gasteiger partial charge >= 0.3 is 0 Å². The van der Waals surface area contributed by atoms with E-state index >= 15 is 0 Å².